The lowest BCUT2D eigenvalue weighted by Crippen LogP contribution is -2.36. The Morgan fingerprint density at radius 2 is 2.64 bits per heavy atom. The topological polar surface area (TPSA) is 63.8 Å². The third-order valence-corrected chi connectivity index (χ3v) is 2.11. The van der Waals surface area contributed by atoms with Gasteiger partial charge < -0.3 is 0 Å². The molecular weight excluding hydrogens is 160 g/mol. The first-order valence-electron chi connectivity index (χ1n) is 3.59. The van der Waals surface area contributed by atoms with Crippen molar-refractivity contribution in [3.63, 3.8) is 0 Å². The first kappa shape index (κ1) is 8.58. The van der Waals surface area contributed by atoms with E-state index in [1.54, 1.807) is 6.20 Å². The van der Waals surface area contributed by atoms with Gasteiger partial charge in [-0.1, -0.05) is 6.92 Å². The molecule has 1 atom stereocenters. The predicted octanol–water partition coefficient (Wildman–Crippen LogP) is 0.322. The molecule has 0 aliphatic carbocycles. The summed E-state index contributed by atoms with van der Waals surface area (Å²) in [5, 5.41) is 0. The molecular formula is C6H12N4S. The lowest BCUT2D eigenvalue weighted by Gasteiger charge is -2.10. The third kappa shape index (κ3) is 2.53. The van der Waals surface area contributed by atoms with Gasteiger partial charge >= 0.3 is 0 Å². The molecule has 0 spiro atoms. The van der Waals surface area contributed by atoms with Crippen molar-refractivity contribution in [2.24, 2.45) is 5.84 Å². The number of rotatable bonds is 4. The van der Waals surface area contributed by atoms with Crippen LogP contribution in [0.1, 0.15) is 19.0 Å². The summed E-state index contributed by atoms with van der Waals surface area (Å²) in [6.45, 7) is 2.09. The van der Waals surface area contributed by atoms with E-state index in [4.69, 9.17) is 5.84 Å². The average molecular weight is 172 g/mol. The predicted molar refractivity (Wildman–Crippen MR) is 45.0 cm³/mol. The zero-order valence-corrected chi connectivity index (χ0v) is 7.27. The van der Waals surface area contributed by atoms with Crippen molar-refractivity contribution >= 4 is 11.7 Å². The minimum absolute atomic E-state index is 0.318. The van der Waals surface area contributed by atoms with E-state index in [1.165, 1.54) is 11.7 Å². The maximum atomic E-state index is 5.31. The Kier molecular flexibility index (Phi) is 3.41. The molecule has 0 fully saturated rings. The Hall–Kier alpha value is -0.520. The Bertz CT molecular complexity index is 182. The number of nitrogens with two attached hydrogens (primary N) is 1. The monoisotopic (exact) mass is 172 g/mol. The number of hydrazine groups is 1. The number of nitrogens with zero attached hydrogens (tertiary/aromatic N) is 2. The summed E-state index contributed by atoms with van der Waals surface area (Å²) in [7, 11) is 0. The number of hydrogen-bond donors (Lipinski definition) is 2. The second-order valence-electron chi connectivity index (χ2n) is 2.37. The molecule has 0 amide bonds. The quantitative estimate of drug-likeness (QED) is 0.507. The van der Waals surface area contributed by atoms with Crippen molar-refractivity contribution in [1.82, 2.24) is 14.2 Å². The van der Waals surface area contributed by atoms with E-state index in [0.717, 1.165) is 18.5 Å². The normalized spacial score (nSPS) is 13.3. The van der Waals surface area contributed by atoms with Gasteiger partial charge in [0.15, 0.2) is 0 Å². The summed E-state index contributed by atoms with van der Waals surface area (Å²) >= 11 is 1.23. The number of aromatic nitrogens is 2. The van der Waals surface area contributed by atoms with Gasteiger partial charge in [0.25, 0.3) is 0 Å². The molecule has 0 radical (unpaired) electrons. The van der Waals surface area contributed by atoms with Gasteiger partial charge in [-0.15, -0.1) is 0 Å². The first-order chi connectivity index (χ1) is 5.36. The lowest BCUT2D eigenvalue weighted by atomic mass is 10.1. The van der Waals surface area contributed by atoms with Crippen molar-refractivity contribution < 1.29 is 0 Å². The Balaban J connectivity index is 2.41. The summed E-state index contributed by atoms with van der Waals surface area (Å²) in [5.74, 6) is 5.31. The van der Waals surface area contributed by atoms with Crippen molar-refractivity contribution in [2.75, 3.05) is 0 Å². The maximum absolute atomic E-state index is 5.31. The standard InChI is InChI=1S/C6H12N4S/c1-2-5(9-7)3-6-4-8-11-10-6/h4-5,9H,2-3,7H2,1H3. The molecule has 1 aromatic rings. The van der Waals surface area contributed by atoms with Gasteiger partial charge in [-0.25, -0.2) is 0 Å². The SMILES string of the molecule is CCC(Cc1cnsn1)NN. The van der Waals surface area contributed by atoms with Crippen molar-refractivity contribution in [2.45, 2.75) is 25.8 Å². The smallest absolute Gasteiger partial charge is 0.0759 e. The average Bonchev–Trinajstić information content (AvgIpc) is 2.52. The van der Waals surface area contributed by atoms with E-state index >= 15 is 0 Å². The second-order valence-corrected chi connectivity index (χ2v) is 2.93. The maximum Gasteiger partial charge on any atom is 0.0759 e. The van der Waals surface area contributed by atoms with Crippen LogP contribution in [0.25, 0.3) is 0 Å². The Labute approximate surface area is 70.1 Å². The molecule has 62 valence electrons. The van der Waals surface area contributed by atoms with E-state index in [2.05, 4.69) is 21.1 Å². The highest BCUT2D eigenvalue weighted by atomic mass is 32.1. The van der Waals surface area contributed by atoms with Crippen LogP contribution in [-0.4, -0.2) is 14.8 Å². The molecule has 0 saturated carbocycles. The summed E-state index contributed by atoms with van der Waals surface area (Å²) in [4.78, 5) is 0. The van der Waals surface area contributed by atoms with Crippen LogP contribution in [-0.2, 0) is 6.42 Å². The highest BCUT2D eigenvalue weighted by molar-refractivity contribution is 6.99. The van der Waals surface area contributed by atoms with E-state index in [1.807, 2.05) is 0 Å². The number of hydrogen-bond acceptors (Lipinski definition) is 5. The van der Waals surface area contributed by atoms with E-state index in [0.29, 0.717) is 6.04 Å². The molecule has 0 aromatic carbocycles. The zero-order valence-electron chi connectivity index (χ0n) is 6.45. The summed E-state index contributed by atoms with van der Waals surface area (Å²) < 4.78 is 7.99. The summed E-state index contributed by atoms with van der Waals surface area (Å²) in [5.41, 5.74) is 3.74. The highest BCUT2D eigenvalue weighted by Gasteiger charge is 2.05. The van der Waals surface area contributed by atoms with Crippen molar-refractivity contribution in [3.05, 3.63) is 11.9 Å². The molecule has 0 aliphatic heterocycles. The first-order valence-corrected chi connectivity index (χ1v) is 4.32. The highest BCUT2D eigenvalue weighted by Crippen LogP contribution is 2.01. The van der Waals surface area contributed by atoms with Crippen LogP contribution in [0, 0.1) is 0 Å². The lowest BCUT2D eigenvalue weighted by molar-refractivity contribution is 0.507. The fraction of sp³-hybridized carbons (Fsp3) is 0.667. The Morgan fingerprint density at radius 3 is 3.09 bits per heavy atom. The van der Waals surface area contributed by atoms with Crippen LogP contribution in [0.2, 0.25) is 0 Å². The number of nitrogens with one attached hydrogen (secondary N) is 1. The molecule has 1 rings (SSSR count). The van der Waals surface area contributed by atoms with Gasteiger partial charge in [0.2, 0.25) is 0 Å². The van der Waals surface area contributed by atoms with Crippen LogP contribution in [0.3, 0.4) is 0 Å². The fourth-order valence-electron chi connectivity index (χ4n) is 0.848. The van der Waals surface area contributed by atoms with E-state index in [-0.39, 0.29) is 0 Å². The Morgan fingerprint density at radius 1 is 1.82 bits per heavy atom. The van der Waals surface area contributed by atoms with Crippen molar-refractivity contribution in [1.29, 1.82) is 0 Å². The molecule has 1 aromatic heterocycles. The molecule has 3 N–H and O–H groups in total. The molecule has 4 nitrogen and oxygen atoms in total. The molecule has 0 aliphatic rings. The minimum atomic E-state index is 0.318. The van der Waals surface area contributed by atoms with Gasteiger partial charge in [0.1, 0.15) is 0 Å². The molecule has 11 heavy (non-hydrogen) atoms. The minimum Gasteiger partial charge on any atom is -0.271 e. The van der Waals surface area contributed by atoms with E-state index in [9.17, 15) is 0 Å². The van der Waals surface area contributed by atoms with E-state index < -0.39 is 0 Å². The van der Waals surface area contributed by atoms with Gasteiger partial charge in [-0.2, -0.15) is 8.75 Å². The van der Waals surface area contributed by atoms with Gasteiger partial charge in [0, 0.05) is 12.5 Å². The van der Waals surface area contributed by atoms with Crippen LogP contribution in [0.15, 0.2) is 6.20 Å². The third-order valence-electron chi connectivity index (χ3n) is 1.59. The largest absolute Gasteiger partial charge is 0.271 e. The van der Waals surface area contributed by atoms with Crippen LogP contribution in [0.4, 0.5) is 0 Å². The zero-order chi connectivity index (χ0) is 8.10. The summed E-state index contributed by atoms with van der Waals surface area (Å²) in [6.07, 6.45) is 3.65. The van der Waals surface area contributed by atoms with Crippen LogP contribution < -0.4 is 11.3 Å². The second kappa shape index (κ2) is 4.38. The molecule has 1 heterocycles. The molecule has 1 unspecified atom stereocenters. The van der Waals surface area contributed by atoms with Gasteiger partial charge in [-0.05, 0) is 6.42 Å². The fourth-order valence-corrected chi connectivity index (χ4v) is 1.29. The van der Waals surface area contributed by atoms with Gasteiger partial charge in [0.05, 0.1) is 23.6 Å². The molecule has 5 heteroatoms. The molecule has 0 saturated heterocycles. The summed E-state index contributed by atoms with van der Waals surface area (Å²) in [6, 6.07) is 0.318. The van der Waals surface area contributed by atoms with Crippen molar-refractivity contribution in [3.8, 4) is 0 Å². The molecule has 0 bridgehead atoms. The van der Waals surface area contributed by atoms with Gasteiger partial charge in [-0.3, -0.25) is 11.3 Å². The van der Waals surface area contributed by atoms with Crippen LogP contribution >= 0.6 is 11.7 Å². The van der Waals surface area contributed by atoms with Crippen LogP contribution in [0.5, 0.6) is 0 Å².